The van der Waals surface area contributed by atoms with E-state index in [0.717, 1.165) is 22.0 Å². The molecule has 2 aromatic heterocycles. The molecule has 0 radical (unpaired) electrons. The maximum absolute atomic E-state index is 9.14. The Bertz CT molecular complexity index is 630. The highest BCUT2D eigenvalue weighted by Crippen LogP contribution is 2.31. The minimum Gasteiger partial charge on any atom is -0.384 e. The van der Waals surface area contributed by atoms with Crippen LogP contribution in [0, 0.1) is 32.1 Å². The molecule has 5 heteroatoms. The fraction of sp³-hybridized carbons (Fsp3) is 0.385. The van der Waals surface area contributed by atoms with Crippen molar-refractivity contribution in [3.63, 3.8) is 0 Å². The van der Waals surface area contributed by atoms with Crippen LogP contribution in [0.3, 0.4) is 0 Å². The lowest BCUT2D eigenvalue weighted by molar-refractivity contribution is 0.628. The average molecular weight is 260 g/mol. The Morgan fingerprint density at radius 3 is 2.56 bits per heavy atom. The van der Waals surface area contributed by atoms with Gasteiger partial charge in [0.2, 0.25) is 0 Å². The van der Waals surface area contributed by atoms with Gasteiger partial charge in [-0.15, -0.1) is 11.3 Å². The molecule has 4 nitrogen and oxygen atoms in total. The second-order valence-corrected chi connectivity index (χ2v) is 5.35. The first-order valence-corrected chi connectivity index (χ1v) is 6.64. The Morgan fingerprint density at radius 1 is 1.44 bits per heavy atom. The van der Waals surface area contributed by atoms with Gasteiger partial charge in [-0.3, -0.25) is 0 Å². The molecule has 1 unspecified atom stereocenters. The van der Waals surface area contributed by atoms with Crippen LogP contribution in [0.15, 0.2) is 5.38 Å². The van der Waals surface area contributed by atoms with Crippen LogP contribution in [0.1, 0.15) is 40.5 Å². The Kier molecular flexibility index (Phi) is 3.14. The summed E-state index contributed by atoms with van der Waals surface area (Å²) in [4.78, 5) is 4.49. The number of nitrogens with two attached hydrogens (primary N) is 1. The zero-order valence-corrected chi connectivity index (χ0v) is 11.8. The molecule has 18 heavy (non-hydrogen) atoms. The third-order valence-corrected chi connectivity index (χ3v) is 4.42. The van der Waals surface area contributed by atoms with Crippen molar-refractivity contribution in [2.75, 3.05) is 5.73 Å². The number of nitrogen functional groups attached to an aromatic ring is 1. The summed E-state index contributed by atoms with van der Waals surface area (Å²) in [7, 11) is 0. The van der Waals surface area contributed by atoms with Gasteiger partial charge in [0.05, 0.1) is 11.6 Å². The lowest BCUT2D eigenvalue weighted by Crippen LogP contribution is -2.11. The van der Waals surface area contributed by atoms with Crippen molar-refractivity contribution in [1.29, 1.82) is 5.26 Å². The quantitative estimate of drug-likeness (QED) is 0.902. The molecule has 0 saturated carbocycles. The van der Waals surface area contributed by atoms with E-state index in [9.17, 15) is 0 Å². The van der Waals surface area contributed by atoms with Crippen LogP contribution >= 0.6 is 11.3 Å². The van der Waals surface area contributed by atoms with Gasteiger partial charge in [-0.2, -0.15) is 5.26 Å². The molecular weight excluding hydrogens is 244 g/mol. The zero-order chi connectivity index (χ0) is 13.4. The molecular formula is C13H16N4S. The fourth-order valence-corrected chi connectivity index (χ4v) is 3.01. The smallest absolute Gasteiger partial charge is 0.122 e. The van der Waals surface area contributed by atoms with Crippen molar-refractivity contribution < 1.29 is 0 Å². The van der Waals surface area contributed by atoms with Crippen LogP contribution in [0.5, 0.6) is 0 Å². The number of nitrogens with zero attached hydrogens (tertiary/aromatic N) is 3. The highest BCUT2D eigenvalue weighted by Gasteiger charge is 2.21. The molecule has 0 aliphatic rings. The number of hydrogen-bond donors (Lipinski definition) is 1. The molecule has 94 valence electrons. The molecule has 2 aromatic rings. The highest BCUT2D eigenvalue weighted by atomic mass is 32.1. The first kappa shape index (κ1) is 12.7. The van der Waals surface area contributed by atoms with Crippen molar-refractivity contribution in [2.24, 2.45) is 0 Å². The number of nitriles is 1. The maximum atomic E-state index is 9.14. The molecule has 1 atom stereocenters. The molecule has 0 fully saturated rings. The van der Waals surface area contributed by atoms with Crippen LogP contribution in [0.25, 0.3) is 0 Å². The molecule has 0 saturated heterocycles. The van der Waals surface area contributed by atoms with E-state index >= 15 is 0 Å². The Hall–Kier alpha value is -1.80. The normalized spacial score (nSPS) is 12.4. The average Bonchev–Trinajstić information content (AvgIpc) is 2.84. The molecule has 2 rings (SSSR count). The van der Waals surface area contributed by atoms with Gasteiger partial charge in [0.15, 0.2) is 0 Å². The van der Waals surface area contributed by atoms with Crippen LogP contribution in [-0.4, -0.2) is 9.55 Å². The number of anilines is 1. The minimum atomic E-state index is 0.0597. The molecule has 2 heterocycles. The van der Waals surface area contributed by atoms with Gasteiger partial charge in [0.1, 0.15) is 16.9 Å². The molecule has 0 aliphatic carbocycles. The summed E-state index contributed by atoms with van der Waals surface area (Å²) < 4.78 is 1.99. The minimum absolute atomic E-state index is 0.0597. The van der Waals surface area contributed by atoms with E-state index in [1.54, 1.807) is 11.3 Å². The van der Waals surface area contributed by atoms with Crippen molar-refractivity contribution in [1.82, 2.24) is 9.55 Å². The summed E-state index contributed by atoms with van der Waals surface area (Å²) in [6.45, 7) is 7.96. The van der Waals surface area contributed by atoms with E-state index in [-0.39, 0.29) is 6.04 Å². The van der Waals surface area contributed by atoms with Crippen molar-refractivity contribution >= 4 is 17.2 Å². The third-order valence-electron chi connectivity index (χ3n) is 3.29. The van der Waals surface area contributed by atoms with Crippen molar-refractivity contribution in [3.05, 3.63) is 32.9 Å². The SMILES string of the molecule is Cc1csc(C(C)n2c(C)c(C)c(C#N)c2N)n1. The Balaban J connectivity index is 2.56. The van der Waals surface area contributed by atoms with E-state index in [4.69, 9.17) is 11.0 Å². The predicted octanol–water partition coefficient (Wildman–Crippen LogP) is 2.93. The summed E-state index contributed by atoms with van der Waals surface area (Å²) in [5.41, 5.74) is 9.66. The van der Waals surface area contributed by atoms with Gasteiger partial charge in [0, 0.05) is 16.8 Å². The second kappa shape index (κ2) is 4.46. The third kappa shape index (κ3) is 1.79. The number of hydrogen-bond acceptors (Lipinski definition) is 4. The summed E-state index contributed by atoms with van der Waals surface area (Å²) in [5, 5.41) is 12.2. The number of aromatic nitrogens is 2. The van der Waals surface area contributed by atoms with Gasteiger partial charge in [-0.25, -0.2) is 4.98 Å². The van der Waals surface area contributed by atoms with E-state index in [1.165, 1.54) is 0 Å². The van der Waals surface area contributed by atoms with Crippen LogP contribution in [0.2, 0.25) is 0 Å². The fourth-order valence-electron chi connectivity index (χ4n) is 2.17. The number of thiazole rings is 1. The summed E-state index contributed by atoms with van der Waals surface area (Å²) >= 11 is 1.62. The summed E-state index contributed by atoms with van der Waals surface area (Å²) in [6, 6.07) is 2.23. The zero-order valence-electron chi connectivity index (χ0n) is 11.0. The Labute approximate surface area is 111 Å². The lowest BCUT2D eigenvalue weighted by Gasteiger charge is -2.15. The van der Waals surface area contributed by atoms with E-state index < -0.39 is 0 Å². The monoisotopic (exact) mass is 260 g/mol. The molecule has 0 aromatic carbocycles. The number of rotatable bonds is 2. The van der Waals surface area contributed by atoms with Gasteiger partial charge >= 0.3 is 0 Å². The van der Waals surface area contributed by atoms with Gasteiger partial charge in [-0.1, -0.05) is 0 Å². The molecule has 0 amide bonds. The van der Waals surface area contributed by atoms with Crippen LogP contribution in [-0.2, 0) is 0 Å². The van der Waals surface area contributed by atoms with E-state index in [1.807, 2.05) is 30.7 Å². The van der Waals surface area contributed by atoms with Crippen LogP contribution < -0.4 is 5.73 Å². The second-order valence-electron chi connectivity index (χ2n) is 4.46. The van der Waals surface area contributed by atoms with Crippen LogP contribution in [0.4, 0.5) is 5.82 Å². The van der Waals surface area contributed by atoms with Crippen molar-refractivity contribution in [2.45, 2.75) is 33.7 Å². The first-order valence-electron chi connectivity index (χ1n) is 5.76. The molecule has 2 N–H and O–H groups in total. The maximum Gasteiger partial charge on any atom is 0.122 e. The number of aryl methyl sites for hydroxylation is 1. The highest BCUT2D eigenvalue weighted by molar-refractivity contribution is 7.09. The molecule has 0 bridgehead atoms. The van der Waals surface area contributed by atoms with Gasteiger partial charge in [-0.05, 0) is 33.3 Å². The largest absolute Gasteiger partial charge is 0.384 e. The van der Waals surface area contributed by atoms with Crippen molar-refractivity contribution in [3.8, 4) is 6.07 Å². The van der Waals surface area contributed by atoms with Gasteiger partial charge < -0.3 is 10.3 Å². The Morgan fingerprint density at radius 2 is 2.11 bits per heavy atom. The van der Waals surface area contributed by atoms with Gasteiger partial charge in [0.25, 0.3) is 0 Å². The van der Waals surface area contributed by atoms with E-state index in [2.05, 4.69) is 18.0 Å². The summed E-state index contributed by atoms with van der Waals surface area (Å²) in [6.07, 6.45) is 0. The predicted molar refractivity (Wildman–Crippen MR) is 73.7 cm³/mol. The van der Waals surface area contributed by atoms with E-state index in [0.29, 0.717) is 11.4 Å². The lowest BCUT2D eigenvalue weighted by atomic mass is 10.2. The topological polar surface area (TPSA) is 67.6 Å². The molecule has 0 aliphatic heterocycles. The standard InChI is InChI=1S/C13H16N4S/c1-7-6-18-13(16-7)10(4)17-9(3)8(2)11(5-14)12(17)15/h6,10H,15H2,1-4H3. The summed E-state index contributed by atoms with van der Waals surface area (Å²) in [5.74, 6) is 0.535. The first-order chi connectivity index (χ1) is 8.47. The molecule has 0 spiro atoms.